The second-order valence-corrected chi connectivity index (χ2v) is 9.09. The van der Waals surface area contributed by atoms with Gasteiger partial charge in [0, 0.05) is 17.4 Å². The molecule has 0 saturated carbocycles. The van der Waals surface area contributed by atoms with Crippen molar-refractivity contribution in [2.75, 3.05) is 12.9 Å². The first kappa shape index (κ1) is 21.0. The van der Waals surface area contributed by atoms with E-state index in [0.29, 0.717) is 12.3 Å². The molecule has 29 heavy (non-hydrogen) atoms. The number of aryl methyl sites for hydroxylation is 1. The molecule has 2 aromatic carbocycles. The van der Waals surface area contributed by atoms with E-state index in [9.17, 15) is 13.2 Å². The van der Waals surface area contributed by atoms with Gasteiger partial charge in [-0.25, -0.2) is 8.42 Å². The second kappa shape index (κ2) is 9.19. The Labute approximate surface area is 176 Å². The highest BCUT2D eigenvalue weighted by Gasteiger charge is 2.19. The molecule has 0 aliphatic heterocycles. The highest BCUT2D eigenvalue weighted by atomic mass is 79.9. The number of ether oxygens (including phenoxy) is 1. The monoisotopic (exact) mass is 479 g/mol. The third kappa shape index (κ3) is 5.64. The maximum Gasteiger partial charge on any atom is 0.315 e. The van der Waals surface area contributed by atoms with E-state index in [1.165, 1.54) is 19.2 Å². The number of nitrogens with one attached hydrogen (secondary N) is 1. The number of rotatable bonds is 8. The standard InChI is InChI=1S/C19H18BrN3O5S/c1-27-15-6-8-16(9-7-15)29(25,26)11-10-17-22-19(28-23-17)18(24)21-12-13-2-4-14(20)5-3-13/h2-9H,10-12H2,1H3,(H,21,24). The highest BCUT2D eigenvalue weighted by molar-refractivity contribution is 9.10. The minimum atomic E-state index is -3.53. The molecule has 0 unspecified atom stereocenters. The van der Waals surface area contributed by atoms with E-state index in [1.807, 2.05) is 24.3 Å². The average Bonchev–Trinajstić information content (AvgIpc) is 3.21. The quantitative estimate of drug-likeness (QED) is 0.528. The molecule has 0 aliphatic rings. The topological polar surface area (TPSA) is 111 Å². The molecule has 0 atom stereocenters. The molecule has 0 fully saturated rings. The van der Waals surface area contributed by atoms with Crippen molar-refractivity contribution in [2.24, 2.45) is 0 Å². The molecule has 1 aromatic heterocycles. The number of hydrogen-bond acceptors (Lipinski definition) is 7. The summed E-state index contributed by atoms with van der Waals surface area (Å²) in [6.07, 6.45) is 0.0256. The minimum absolute atomic E-state index is 0.0256. The number of halogens is 1. The van der Waals surface area contributed by atoms with Crippen LogP contribution in [0.1, 0.15) is 22.1 Å². The van der Waals surface area contributed by atoms with Crippen molar-refractivity contribution < 1.29 is 22.5 Å². The summed E-state index contributed by atoms with van der Waals surface area (Å²) in [5.41, 5.74) is 0.909. The first-order valence-electron chi connectivity index (χ1n) is 8.59. The molecule has 0 radical (unpaired) electrons. The molecule has 0 saturated heterocycles. The lowest BCUT2D eigenvalue weighted by atomic mass is 10.2. The first-order chi connectivity index (χ1) is 13.9. The van der Waals surface area contributed by atoms with Crippen LogP contribution in [0.15, 0.2) is 62.4 Å². The van der Waals surface area contributed by atoms with Crippen LogP contribution in [0.5, 0.6) is 5.75 Å². The third-order valence-corrected chi connectivity index (χ3v) is 6.30. The SMILES string of the molecule is COc1ccc(S(=O)(=O)CCc2noc(C(=O)NCc3ccc(Br)cc3)n2)cc1. The fourth-order valence-corrected chi connectivity index (χ4v) is 3.94. The summed E-state index contributed by atoms with van der Waals surface area (Å²) in [5.74, 6) is -0.223. The van der Waals surface area contributed by atoms with Crippen LogP contribution in [-0.4, -0.2) is 37.3 Å². The Morgan fingerprint density at radius 3 is 2.48 bits per heavy atom. The van der Waals surface area contributed by atoms with Crippen molar-refractivity contribution in [2.45, 2.75) is 17.9 Å². The molecule has 152 valence electrons. The normalized spacial score (nSPS) is 11.2. The van der Waals surface area contributed by atoms with Gasteiger partial charge in [-0.3, -0.25) is 4.79 Å². The number of nitrogens with zero attached hydrogens (tertiary/aromatic N) is 2. The number of carbonyl (C=O) groups is 1. The maximum atomic E-state index is 12.4. The Bertz CT molecular complexity index is 1080. The highest BCUT2D eigenvalue weighted by Crippen LogP contribution is 2.17. The summed E-state index contributed by atoms with van der Waals surface area (Å²) in [6, 6.07) is 13.6. The van der Waals surface area contributed by atoms with Crippen molar-refractivity contribution in [1.29, 1.82) is 0 Å². The van der Waals surface area contributed by atoms with E-state index < -0.39 is 15.7 Å². The van der Waals surface area contributed by atoms with Gasteiger partial charge in [-0.05, 0) is 42.0 Å². The first-order valence-corrected chi connectivity index (χ1v) is 11.0. The molecule has 0 aliphatic carbocycles. The smallest absolute Gasteiger partial charge is 0.315 e. The van der Waals surface area contributed by atoms with Gasteiger partial charge in [-0.1, -0.05) is 33.2 Å². The molecule has 1 N–H and O–H groups in total. The van der Waals surface area contributed by atoms with E-state index in [1.54, 1.807) is 12.1 Å². The Morgan fingerprint density at radius 2 is 1.83 bits per heavy atom. The Morgan fingerprint density at radius 1 is 1.14 bits per heavy atom. The van der Waals surface area contributed by atoms with E-state index >= 15 is 0 Å². The molecular formula is C19H18BrN3O5S. The number of amides is 1. The van der Waals surface area contributed by atoms with E-state index in [0.717, 1.165) is 10.0 Å². The summed E-state index contributed by atoms with van der Waals surface area (Å²) >= 11 is 3.35. The van der Waals surface area contributed by atoms with E-state index in [2.05, 4.69) is 31.4 Å². The van der Waals surface area contributed by atoms with Crippen molar-refractivity contribution >= 4 is 31.7 Å². The van der Waals surface area contributed by atoms with Crippen LogP contribution in [0.4, 0.5) is 0 Å². The number of carbonyl (C=O) groups excluding carboxylic acids is 1. The van der Waals surface area contributed by atoms with Crippen LogP contribution in [0, 0.1) is 0 Å². The predicted molar refractivity (Wildman–Crippen MR) is 108 cm³/mol. The number of aromatic nitrogens is 2. The molecule has 0 spiro atoms. The third-order valence-electron chi connectivity index (χ3n) is 4.04. The van der Waals surface area contributed by atoms with Crippen molar-refractivity contribution in [3.8, 4) is 5.75 Å². The summed E-state index contributed by atoms with van der Waals surface area (Å²) in [6.45, 7) is 0.301. The maximum absolute atomic E-state index is 12.4. The molecule has 3 aromatic rings. The molecule has 10 heteroatoms. The predicted octanol–water partition coefficient (Wildman–Crippen LogP) is 2.79. The van der Waals surface area contributed by atoms with Crippen molar-refractivity contribution in [3.05, 3.63) is 70.3 Å². The zero-order valence-electron chi connectivity index (χ0n) is 15.5. The average molecular weight is 480 g/mol. The van der Waals surface area contributed by atoms with Crippen LogP contribution in [0.25, 0.3) is 0 Å². The van der Waals surface area contributed by atoms with Gasteiger partial charge >= 0.3 is 11.8 Å². The van der Waals surface area contributed by atoms with Gasteiger partial charge in [-0.2, -0.15) is 4.98 Å². The minimum Gasteiger partial charge on any atom is -0.497 e. The van der Waals surface area contributed by atoms with Gasteiger partial charge in [0.25, 0.3) is 0 Å². The number of sulfone groups is 1. The van der Waals surface area contributed by atoms with E-state index in [-0.39, 0.29) is 28.8 Å². The van der Waals surface area contributed by atoms with Crippen LogP contribution >= 0.6 is 15.9 Å². The van der Waals surface area contributed by atoms with Gasteiger partial charge in [0.1, 0.15) is 5.75 Å². The molecule has 0 bridgehead atoms. The van der Waals surface area contributed by atoms with Gasteiger partial charge in [-0.15, -0.1) is 0 Å². The molecule has 8 nitrogen and oxygen atoms in total. The zero-order chi connectivity index (χ0) is 20.9. The second-order valence-electron chi connectivity index (χ2n) is 6.07. The Kier molecular flexibility index (Phi) is 6.65. The fraction of sp³-hybridized carbons (Fsp3) is 0.211. The van der Waals surface area contributed by atoms with Crippen molar-refractivity contribution in [3.63, 3.8) is 0 Å². The fourth-order valence-electron chi connectivity index (χ4n) is 2.43. The molecule has 1 heterocycles. The van der Waals surface area contributed by atoms with Gasteiger partial charge in [0.15, 0.2) is 15.7 Å². The Balaban J connectivity index is 1.56. The number of hydrogen-bond donors (Lipinski definition) is 1. The number of benzene rings is 2. The van der Waals surface area contributed by atoms with Crippen LogP contribution in [-0.2, 0) is 22.8 Å². The van der Waals surface area contributed by atoms with Crippen LogP contribution < -0.4 is 10.1 Å². The summed E-state index contributed by atoms with van der Waals surface area (Å²) < 4.78 is 35.7. The lowest BCUT2D eigenvalue weighted by molar-refractivity contribution is 0.0907. The van der Waals surface area contributed by atoms with Gasteiger partial charge in [0.05, 0.1) is 17.8 Å². The van der Waals surface area contributed by atoms with Crippen LogP contribution in [0.3, 0.4) is 0 Å². The van der Waals surface area contributed by atoms with Gasteiger partial charge in [0.2, 0.25) is 0 Å². The van der Waals surface area contributed by atoms with E-state index in [4.69, 9.17) is 9.26 Å². The Hall–Kier alpha value is -2.72. The summed E-state index contributed by atoms with van der Waals surface area (Å²) in [4.78, 5) is 16.3. The lowest BCUT2D eigenvalue weighted by Crippen LogP contribution is -2.23. The summed E-state index contributed by atoms with van der Waals surface area (Å²) in [5, 5.41) is 6.37. The zero-order valence-corrected chi connectivity index (χ0v) is 17.9. The summed E-state index contributed by atoms with van der Waals surface area (Å²) in [7, 11) is -2.02. The molecule has 3 rings (SSSR count). The van der Waals surface area contributed by atoms with Crippen LogP contribution in [0.2, 0.25) is 0 Å². The lowest BCUT2D eigenvalue weighted by Gasteiger charge is -2.04. The number of methoxy groups -OCH3 is 1. The largest absolute Gasteiger partial charge is 0.497 e. The van der Waals surface area contributed by atoms with Crippen molar-refractivity contribution in [1.82, 2.24) is 15.5 Å². The van der Waals surface area contributed by atoms with Gasteiger partial charge < -0.3 is 14.6 Å². The molecular weight excluding hydrogens is 462 g/mol. The molecule has 1 amide bonds.